The van der Waals surface area contributed by atoms with Gasteiger partial charge in [0.25, 0.3) is 5.69 Å². The number of carbonyl (C=O) groups excluding carboxylic acids is 4. The number of carbonyl (C=O) groups is 4. The van der Waals surface area contributed by atoms with Gasteiger partial charge in [0, 0.05) is 40.9 Å². The number of hydrogen-bond acceptors (Lipinski definition) is 11. The lowest BCUT2D eigenvalue weighted by atomic mass is 9.51. The Balaban J connectivity index is 1.17. The Bertz CT molecular complexity index is 2680. The van der Waals surface area contributed by atoms with Crippen molar-refractivity contribution in [3.05, 3.63) is 98.6 Å². The van der Waals surface area contributed by atoms with Gasteiger partial charge < -0.3 is 14.6 Å². The van der Waals surface area contributed by atoms with Crippen molar-refractivity contribution in [1.82, 2.24) is 9.78 Å². The van der Waals surface area contributed by atoms with Gasteiger partial charge in [-0.05, 0) is 85.5 Å². The molecule has 4 heterocycles. The summed E-state index contributed by atoms with van der Waals surface area (Å²) in [7, 11) is 4.46. The van der Waals surface area contributed by atoms with Gasteiger partial charge in [-0.25, -0.2) is 9.80 Å². The van der Waals surface area contributed by atoms with Crippen LogP contribution >= 0.6 is 22.9 Å². The highest BCUT2D eigenvalue weighted by Crippen LogP contribution is 2.64. The van der Waals surface area contributed by atoms with Gasteiger partial charge in [-0.15, -0.1) is 11.3 Å². The molecule has 2 saturated heterocycles. The number of imide groups is 2. The predicted octanol–water partition coefficient (Wildman–Crippen LogP) is 7.33. The second-order valence-electron chi connectivity index (χ2n) is 15.4. The number of thiophene rings is 1. The van der Waals surface area contributed by atoms with E-state index in [1.807, 2.05) is 31.2 Å². The summed E-state index contributed by atoms with van der Waals surface area (Å²) in [5.41, 5.74) is 1.15. The van der Waals surface area contributed by atoms with Crippen LogP contribution in [0.25, 0.3) is 20.7 Å². The smallest absolute Gasteiger partial charge is 0.271 e. The number of fused-ring (bicyclic) bond motifs is 5. The molecule has 5 aromatic rings. The maximum absolute atomic E-state index is 15.2. The number of phenols is 1. The molecule has 6 atom stereocenters. The molecule has 16 heteroatoms. The molecule has 3 fully saturated rings. The molecule has 2 aliphatic carbocycles. The van der Waals surface area contributed by atoms with Crippen LogP contribution in [0.5, 0.6) is 17.2 Å². The highest BCUT2D eigenvalue weighted by Gasteiger charge is 2.68. The molecule has 58 heavy (non-hydrogen) atoms. The number of benzene rings is 3. The lowest BCUT2D eigenvalue weighted by Gasteiger charge is -2.49. The quantitative estimate of drug-likeness (QED) is 0.0758. The van der Waals surface area contributed by atoms with Crippen molar-refractivity contribution in [2.75, 3.05) is 24.0 Å². The molecule has 1 saturated carbocycles. The van der Waals surface area contributed by atoms with E-state index in [9.17, 15) is 29.6 Å². The molecule has 2 aromatic heterocycles. The Morgan fingerprint density at radius 2 is 1.69 bits per heavy atom. The first-order valence-electron chi connectivity index (χ1n) is 18.6. The summed E-state index contributed by atoms with van der Waals surface area (Å²) in [4.78, 5) is 72.9. The number of aromatic nitrogens is 2. The van der Waals surface area contributed by atoms with Gasteiger partial charge in [0.15, 0.2) is 11.5 Å². The van der Waals surface area contributed by atoms with Crippen molar-refractivity contribution in [3.63, 3.8) is 0 Å². The van der Waals surface area contributed by atoms with Crippen LogP contribution in [0.3, 0.4) is 0 Å². The zero-order chi connectivity index (χ0) is 41.1. The van der Waals surface area contributed by atoms with Crippen LogP contribution in [0.2, 0.25) is 5.02 Å². The van der Waals surface area contributed by atoms with Crippen molar-refractivity contribution < 1.29 is 38.7 Å². The third kappa shape index (κ3) is 5.18. The van der Waals surface area contributed by atoms with Crippen molar-refractivity contribution in [2.45, 2.75) is 32.6 Å². The zero-order valence-electron chi connectivity index (χ0n) is 31.9. The molecule has 3 aromatic carbocycles. The summed E-state index contributed by atoms with van der Waals surface area (Å²) in [6.45, 7) is 3.73. The number of nitro benzene ring substituents is 1. The number of phenolic OH excluding ortho intramolecular Hbond substituents is 1. The Morgan fingerprint density at radius 3 is 2.38 bits per heavy atom. The van der Waals surface area contributed by atoms with Crippen LogP contribution in [-0.4, -0.2) is 57.7 Å². The minimum Gasteiger partial charge on any atom is -0.502 e. The number of ether oxygens (including phenoxy) is 2. The molecule has 0 bridgehead atoms. The largest absolute Gasteiger partial charge is 0.502 e. The first-order chi connectivity index (χ1) is 27.7. The molecule has 9 rings (SSSR count). The number of methoxy groups -OCH3 is 2. The molecule has 6 unspecified atom stereocenters. The number of nitro groups is 1. The Kier molecular flexibility index (Phi) is 8.57. The van der Waals surface area contributed by atoms with Crippen molar-refractivity contribution >= 4 is 73.8 Å². The minimum atomic E-state index is -1.42. The molecule has 4 amide bonds. The van der Waals surface area contributed by atoms with E-state index in [1.165, 1.54) is 59.4 Å². The SMILES string of the molecule is COc1cc(C2C3=CCC4C(=O)N(c5cccc([N+](=O)[O-])c5)C(=O)C4C3CC3C(=O)N(c4cc(-c5sc6ccc(Cl)cc6c5C)nn4C)C(=O)C32C)cc(OC)c1O. The molecule has 1 N–H and O–H groups in total. The van der Waals surface area contributed by atoms with Gasteiger partial charge in [-0.3, -0.25) is 34.0 Å². The molecule has 2 aliphatic heterocycles. The van der Waals surface area contributed by atoms with Gasteiger partial charge in [0.05, 0.1) is 52.9 Å². The standard InChI is InChI=1S/C42H36ClN5O9S/c1-19-26-15-21(43)9-12-32(26)58-37(19)29-18-33(45(3)44-29)47-39(51)28-17-27-24(35(42(28,2)41(47)53)20-13-30(56-4)36(49)31(14-20)57-5)10-11-25-34(27)40(52)46(38(25)50)22-7-6-8-23(16-22)48(54)55/h6-10,12-16,18,25,27-28,34-35,49H,11,17H2,1-5H3. The topological polar surface area (TPSA) is 174 Å². The molecular weight excluding hydrogens is 786 g/mol. The summed E-state index contributed by atoms with van der Waals surface area (Å²) in [6, 6.07) is 16.0. The van der Waals surface area contributed by atoms with Crippen LogP contribution in [-0.2, 0) is 26.2 Å². The Morgan fingerprint density at radius 1 is 0.966 bits per heavy atom. The number of halogens is 1. The lowest BCUT2D eigenvalue weighted by Crippen LogP contribution is -2.49. The number of hydrogen-bond donors (Lipinski definition) is 1. The van der Waals surface area contributed by atoms with E-state index in [0.717, 1.165) is 25.4 Å². The van der Waals surface area contributed by atoms with Gasteiger partial charge in [0.2, 0.25) is 29.4 Å². The normalized spacial score (nSPS) is 25.2. The number of anilines is 2. The number of rotatable bonds is 7. The third-order valence-electron chi connectivity index (χ3n) is 12.6. The summed E-state index contributed by atoms with van der Waals surface area (Å²) >= 11 is 7.85. The van der Waals surface area contributed by atoms with E-state index in [4.69, 9.17) is 26.2 Å². The van der Waals surface area contributed by atoms with E-state index in [2.05, 4.69) is 0 Å². The number of allylic oxidation sites excluding steroid dienone is 2. The maximum Gasteiger partial charge on any atom is 0.271 e. The monoisotopic (exact) mass is 821 g/mol. The minimum absolute atomic E-state index is 0.0795. The third-order valence-corrected chi connectivity index (χ3v) is 14.2. The van der Waals surface area contributed by atoms with Gasteiger partial charge in [-0.2, -0.15) is 5.10 Å². The van der Waals surface area contributed by atoms with Crippen LogP contribution in [0.4, 0.5) is 17.2 Å². The summed E-state index contributed by atoms with van der Waals surface area (Å²) in [5, 5.41) is 28.9. The van der Waals surface area contributed by atoms with E-state index in [0.29, 0.717) is 21.9 Å². The zero-order valence-corrected chi connectivity index (χ0v) is 33.5. The van der Waals surface area contributed by atoms with Crippen molar-refractivity contribution in [2.24, 2.45) is 36.1 Å². The number of nitrogens with zero attached hydrogens (tertiary/aromatic N) is 5. The summed E-state index contributed by atoms with van der Waals surface area (Å²) in [6.07, 6.45) is 2.13. The van der Waals surface area contributed by atoms with Gasteiger partial charge in [-0.1, -0.05) is 29.3 Å². The highest BCUT2D eigenvalue weighted by molar-refractivity contribution is 7.22. The van der Waals surface area contributed by atoms with Crippen LogP contribution in [0.1, 0.15) is 36.8 Å². The van der Waals surface area contributed by atoms with Crippen molar-refractivity contribution in [3.8, 4) is 27.8 Å². The van der Waals surface area contributed by atoms with Gasteiger partial charge in [0.1, 0.15) is 11.5 Å². The fourth-order valence-corrected chi connectivity index (χ4v) is 11.2. The lowest BCUT2D eigenvalue weighted by molar-refractivity contribution is -0.384. The van der Waals surface area contributed by atoms with Crippen LogP contribution in [0.15, 0.2) is 72.3 Å². The van der Waals surface area contributed by atoms with E-state index in [-0.39, 0.29) is 47.3 Å². The fourth-order valence-electron chi connectivity index (χ4n) is 9.91. The molecular formula is C42H36ClN5O9S. The average molecular weight is 822 g/mol. The molecule has 0 radical (unpaired) electrons. The summed E-state index contributed by atoms with van der Waals surface area (Å²) < 4.78 is 13.6. The number of aromatic hydroxyl groups is 1. The molecule has 4 aliphatic rings. The molecule has 14 nitrogen and oxygen atoms in total. The van der Waals surface area contributed by atoms with Crippen LogP contribution in [0, 0.1) is 46.1 Å². The fraction of sp³-hybridized carbons (Fsp3) is 0.310. The van der Waals surface area contributed by atoms with E-state index in [1.54, 1.807) is 32.2 Å². The average Bonchev–Trinajstić information content (AvgIpc) is 3.88. The van der Waals surface area contributed by atoms with E-state index < -0.39 is 63.6 Å². The first kappa shape index (κ1) is 37.5. The molecule has 296 valence electrons. The molecule has 0 spiro atoms. The second kappa shape index (κ2) is 13.2. The Labute approximate surface area is 340 Å². The predicted molar refractivity (Wildman–Crippen MR) is 215 cm³/mol. The van der Waals surface area contributed by atoms with Crippen LogP contribution < -0.4 is 19.3 Å². The second-order valence-corrected chi connectivity index (χ2v) is 16.9. The van der Waals surface area contributed by atoms with E-state index >= 15 is 4.79 Å². The maximum atomic E-state index is 15.2. The van der Waals surface area contributed by atoms with Crippen molar-refractivity contribution in [1.29, 1.82) is 0 Å². The highest BCUT2D eigenvalue weighted by atomic mass is 35.5. The number of aryl methyl sites for hydroxylation is 2. The van der Waals surface area contributed by atoms with Gasteiger partial charge >= 0.3 is 0 Å². The Hall–Kier alpha value is -6.06. The summed E-state index contributed by atoms with van der Waals surface area (Å²) in [5.74, 6) is -5.94. The number of non-ortho nitro benzene ring substituents is 1. The number of amides is 4. The first-order valence-corrected chi connectivity index (χ1v) is 19.8.